The first-order valence-electron chi connectivity index (χ1n) is 5.75. The molecule has 1 heterocycles. The Kier molecular flexibility index (Phi) is 3.94. The molecule has 0 aliphatic heterocycles. The van der Waals surface area contributed by atoms with Gasteiger partial charge in [-0.25, -0.2) is 4.98 Å². The topological polar surface area (TPSA) is 63.9 Å². The zero-order valence-corrected chi connectivity index (χ0v) is 11.0. The minimum Gasteiger partial charge on any atom is -0.494 e. The highest BCUT2D eigenvalue weighted by Gasteiger charge is 2.06. The Balaban J connectivity index is 2.30. The van der Waals surface area contributed by atoms with E-state index in [1.165, 1.54) is 0 Å². The first-order chi connectivity index (χ1) is 8.70. The van der Waals surface area contributed by atoms with Crippen molar-refractivity contribution < 1.29 is 4.74 Å². The second-order valence-electron chi connectivity index (χ2n) is 3.84. The summed E-state index contributed by atoms with van der Waals surface area (Å²) < 4.78 is 5.98. The van der Waals surface area contributed by atoms with Crippen LogP contribution in [-0.2, 0) is 6.42 Å². The van der Waals surface area contributed by atoms with Gasteiger partial charge in [-0.1, -0.05) is 18.2 Å². The van der Waals surface area contributed by atoms with Crippen molar-refractivity contribution in [2.45, 2.75) is 13.3 Å². The Hall–Kier alpha value is -1.88. The van der Waals surface area contributed by atoms with Crippen molar-refractivity contribution in [1.82, 2.24) is 9.97 Å². The van der Waals surface area contributed by atoms with Crippen LogP contribution in [0.2, 0.25) is 0 Å². The Morgan fingerprint density at radius 3 is 2.83 bits per heavy atom. The molecule has 2 rings (SSSR count). The van der Waals surface area contributed by atoms with Gasteiger partial charge in [0.15, 0.2) is 4.77 Å². The summed E-state index contributed by atoms with van der Waals surface area (Å²) in [6, 6.07) is 7.90. The maximum absolute atomic E-state index is 5.89. The van der Waals surface area contributed by atoms with Gasteiger partial charge in [0.25, 0.3) is 0 Å². The van der Waals surface area contributed by atoms with Gasteiger partial charge in [-0.2, -0.15) is 0 Å². The lowest BCUT2D eigenvalue weighted by Gasteiger charge is -2.10. The van der Waals surface area contributed by atoms with E-state index >= 15 is 0 Å². The third-order valence-corrected chi connectivity index (χ3v) is 2.79. The highest BCUT2D eigenvalue weighted by molar-refractivity contribution is 7.71. The Morgan fingerprint density at radius 2 is 2.11 bits per heavy atom. The van der Waals surface area contributed by atoms with Crippen LogP contribution in [0.5, 0.6) is 5.75 Å². The molecule has 0 radical (unpaired) electrons. The van der Waals surface area contributed by atoms with E-state index < -0.39 is 0 Å². The molecule has 1 aromatic heterocycles. The Labute approximate surface area is 111 Å². The summed E-state index contributed by atoms with van der Waals surface area (Å²) in [7, 11) is 0. The fourth-order valence-corrected chi connectivity index (χ4v) is 1.89. The van der Waals surface area contributed by atoms with Crippen LogP contribution >= 0.6 is 12.2 Å². The minimum atomic E-state index is 0.398. The largest absolute Gasteiger partial charge is 0.494 e. The fourth-order valence-electron chi connectivity index (χ4n) is 1.73. The third-order valence-electron chi connectivity index (χ3n) is 2.58. The molecule has 0 saturated heterocycles. The normalized spacial score (nSPS) is 10.3. The van der Waals surface area contributed by atoms with Crippen LogP contribution in [0.25, 0.3) is 0 Å². The summed E-state index contributed by atoms with van der Waals surface area (Å²) in [5, 5.41) is 0. The number of hydrogen-bond acceptors (Lipinski definition) is 4. The molecule has 0 unspecified atom stereocenters. The van der Waals surface area contributed by atoms with Crippen LogP contribution in [0.1, 0.15) is 18.1 Å². The zero-order valence-electron chi connectivity index (χ0n) is 10.1. The number of rotatable bonds is 4. The van der Waals surface area contributed by atoms with E-state index in [4.69, 9.17) is 22.7 Å². The van der Waals surface area contributed by atoms with E-state index in [0.29, 0.717) is 23.6 Å². The standard InChI is InChI=1S/C13H15N3OS/c1-2-17-11-6-4-3-5-9(11)7-10-8-15-13(18)16-12(10)14/h3-6,8H,2,7H2,1H3,(H3,14,15,16,18). The lowest BCUT2D eigenvalue weighted by atomic mass is 10.1. The minimum absolute atomic E-state index is 0.398. The van der Waals surface area contributed by atoms with E-state index in [0.717, 1.165) is 16.9 Å². The van der Waals surface area contributed by atoms with E-state index in [-0.39, 0.29) is 0 Å². The van der Waals surface area contributed by atoms with Crippen molar-refractivity contribution in [1.29, 1.82) is 0 Å². The number of H-pyrrole nitrogens is 1. The number of benzene rings is 1. The lowest BCUT2D eigenvalue weighted by molar-refractivity contribution is 0.337. The summed E-state index contributed by atoms with van der Waals surface area (Å²) >= 11 is 4.92. The van der Waals surface area contributed by atoms with Gasteiger partial charge in [-0.15, -0.1) is 0 Å². The molecular weight excluding hydrogens is 246 g/mol. The summed E-state index contributed by atoms with van der Waals surface area (Å²) in [4.78, 5) is 6.90. The molecule has 0 aliphatic carbocycles. The summed E-state index contributed by atoms with van der Waals surface area (Å²) in [5.41, 5.74) is 7.88. The molecule has 4 nitrogen and oxygen atoms in total. The molecule has 0 fully saturated rings. The first-order valence-corrected chi connectivity index (χ1v) is 6.16. The Morgan fingerprint density at radius 1 is 1.33 bits per heavy atom. The fraction of sp³-hybridized carbons (Fsp3) is 0.231. The maximum atomic E-state index is 5.89. The van der Waals surface area contributed by atoms with Crippen molar-refractivity contribution in [3.05, 3.63) is 46.4 Å². The summed E-state index contributed by atoms with van der Waals surface area (Å²) in [6.45, 7) is 2.61. The number of para-hydroxylation sites is 1. The van der Waals surface area contributed by atoms with Crippen LogP contribution in [0.15, 0.2) is 30.5 Å². The highest BCUT2D eigenvalue weighted by Crippen LogP contribution is 2.22. The van der Waals surface area contributed by atoms with Crippen LogP contribution < -0.4 is 10.5 Å². The molecule has 0 spiro atoms. The predicted molar refractivity (Wildman–Crippen MR) is 74.3 cm³/mol. The molecule has 18 heavy (non-hydrogen) atoms. The van der Waals surface area contributed by atoms with Gasteiger partial charge in [0.1, 0.15) is 11.6 Å². The van der Waals surface area contributed by atoms with Gasteiger partial charge in [-0.05, 0) is 30.8 Å². The second kappa shape index (κ2) is 5.64. The number of nitrogen functional groups attached to an aromatic ring is 1. The Bertz CT molecular complexity index is 595. The lowest BCUT2D eigenvalue weighted by Crippen LogP contribution is -2.02. The monoisotopic (exact) mass is 261 g/mol. The summed E-state index contributed by atoms with van der Waals surface area (Å²) in [5.74, 6) is 1.43. The SMILES string of the molecule is CCOc1ccccc1Cc1cnc(=S)[nH]c1N. The zero-order chi connectivity index (χ0) is 13.0. The number of hydrogen-bond donors (Lipinski definition) is 2. The van der Waals surface area contributed by atoms with Crippen molar-refractivity contribution in [3.63, 3.8) is 0 Å². The van der Waals surface area contributed by atoms with Crippen molar-refractivity contribution >= 4 is 18.0 Å². The molecule has 0 saturated carbocycles. The van der Waals surface area contributed by atoms with Crippen molar-refractivity contribution in [2.24, 2.45) is 0 Å². The van der Waals surface area contributed by atoms with Gasteiger partial charge >= 0.3 is 0 Å². The average molecular weight is 261 g/mol. The molecule has 5 heteroatoms. The van der Waals surface area contributed by atoms with Crippen LogP contribution in [-0.4, -0.2) is 16.6 Å². The number of nitrogens with two attached hydrogens (primary N) is 1. The number of ether oxygens (including phenoxy) is 1. The molecular formula is C13H15N3OS. The second-order valence-corrected chi connectivity index (χ2v) is 4.23. The summed E-state index contributed by atoms with van der Waals surface area (Å²) in [6.07, 6.45) is 2.37. The number of anilines is 1. The van der Waals surface area contributed by atoms with E-state index in [2.05, 4.69) is 9.97 Å². The third kappa shape index (κ3) is 2.87. The van der Waals surface area contributed by atoms with Gasteiger partial charge in [-0.3, -0.25) is 0 Å². The first kappa shape index (κ1) is 12.6. The molecule has 3 N–H and O–H groups in total. The number of nitrogens with zero attached hydrogens (tertiary/aromatic N) is 1. The molecule has 0 atom stereocenters. The maximum Gasteiger partial charge on any atom is 0.198 e. The molecule has 94 valence electrons. The van der Waals surface area contributed by atoms with Gasteiger partial charge in [0.2, 0.25) is 0 Å². The highest BCUT2D eigenvalue weighted by atomic mass is 32.1. The quantitative estimate of drug-likeness (QED) is 0.831. The van der Waals surface area contributed by atoms with Gasteiger partial charge in [0, 0.05) is 18.2 Å². The predicted octanol–water partition coefficient (Wildman–Crippen LogP) is 2.71. The van der Waals surface area contributed by atoms with Gasteiger partial charge in [0.05, 0.1) is 6.61 Å². The number of aromatic nitrogens is 2. The molecule has 0 bridgehead atoms. The molecule has 0 amide bonds. The van der Waals surface area contributed by atoms with Crippen molar-refractivity contribution in [2.75, 3.05) is 12.3 Å². The van der Waals surface area contributed by atoms with Crippen molar-refractivity contribution in [3.8, 4) is 5.75 Å². The van der Waals surface area contributed by atoms with Gasteiger partial charge < -0.3 is 15.5 Å². The number of aromatic amines is 1. The van der Waals surface area contributed by atoms with E-state index in [1.807, 2.05) is 31.2 Å². The van der Waals surface area contributed by atoms with E-state index in [1.54, 1.807) is 6.20 Å². The molecule has 2 aromatic rings. The van der Waals surface area contributed by atoms with Crippen LogP contribution in [0.3, 0.4) is 0 Å². The van der Waals surface area contributed by atoms with Crippen LogP contribution in [0, 0.1) is 4.77 Å². The molecule has 0 aliphatic rings. The van der Waals surface area contributed by atoms with E-state index in [9.17, 15) is 0 Å². The average Bonchev–Trinajstić information content (AvgIpc) is 2.35. The smallest absolute Gasteiger partial charge is 0.198 e. The number of nitrogens with one attached hydrogen (secondary N) is 1. The molecule has 1 aromatic carbocycles. The van der Waals surface area contributed by atoms with Crippen LogP contribution in [0.4, 0.5) is 5.82 Å².